The van der Waals surface area contributed by atoms with Gasteiger partial charge >= 0.3 is 6.92 Å². The van der Waals surface area contributed by atoms with E-state index in [4.69, 9.17) is 18.0 Å². The van der Waals surface area contributed by atoms with E-state index < -0.39 is 6.92 Å². The molecule has 0 radical (unpaired) electrons. The predicted molar refractivity (Wildman–Crippen MR) is 47.9 cm³/mol. The summed E-state index contributed by atoms with van der Waals surface area (Å²) in [6.07, 6.45) is 5.01. The van der Waals surface area contributed by atoms with Crippen LogP contribution in [0.4, 0.5) is 0 Å². The molecule has 1 N–H and O–H groups in total. The highest BCUT2D eigenvalue weighted by Crippen LogP contribution is 2.03. The zero-order valence-electron chi connectivity index (χ0n) is 5.79. The van der Waals surface area contributed by atoms with Crippen LogP contribution in [0.1, 0.15) is 0 Å². The van der Waals surface area contributed by atoms with Crippen LogP contribution in [0.2, 0.25) is 5.02 Å². The van der Waals surface area contributed by atoms with Crippen LogP contribution < -0.4 is 5.46 Å². The van der Waals surface area contributed by atoms with Crippen molar-refractivity contribution in [3.8, 4) is 12.2 Å². The van der Waals surface area contributed by atoms with Crippen molar-refractivity contribution in [3.63, 3.8) is 0 Å². The molecule has 11 heavy (non-hydrogen) atoms. The van der Waals surface area contributed by atoms with Gasteiger partial charge in [0.05, 0.1) is 0 Å². The van der Waals surface area contributed by atoms with Crippen molar-refractivity contribution < 1.29 is 5.02 Å². The standard InChI is InChI=1S/C8H6BClO/c1-2-9(11)7-5-3-4-6-8(7)10/h1,3-6,11H. The van der Waals surface area contributed by atoms with E-state index in [0.29, 0.717) is 10.5 Å². The van der Waals surface area contributed by atoms with Crippen molar-refractivity contribution in [2.75, 3.05) is 0 Å². The molecule has 0 saturated heterocycles. The fourth-order valence-electron chi connectivity index (χ4n) is 0.787. The Hall–Kier alpha value is -0.905. The second-order valence-corrected chi connectivity index (χ2v) is 2.50. The van der Waals surface area contributed by atoms with Gasteiger partial charge in [0.25, 0.3) is 0 Å². The molecule has 1 aromatic carbocycles. The fourth-order valence-corrected chi connectivity index (χ4v) is 1.03. The van der Waals surface area contributed by atoms with Gasteiger partial charge in [-0.25, -0.2) is 0 Å². The third kappa shape index (κ3) is 1.77. The first kappa shape index (κ1) is 8.19. The average Bonchev–Trinajstić information content (AvgIpc) is 2.04. The minimum absolute atomic E-state index is 0.498. The van der Waals surface area contributed by atoms with E-state index in [1.54, 1.807) is 24.3 Å². The van der Waals surface area contributed by atoms with Crippen LogP contribution in [0.3, 0.4) is 0 Å². The molecule has 0 heterocycles. The van der Waals surface area contributed by atoms with Gasteiger partial charge in [-0.1, -0.05) is 29.8 Å². The zero-order valence-corrected chi connectivity index (χ0v) is 6.55. The average molecular weight is 164 g/mol. The first-order valence-corrected chi connectivity index (χ1v) is 3.52. The van der Waals surface area contributed by atoms with Crippen LogP contribution >= 0.6 is 11.6 Å². The van der Waals surface area contributed by atoms with Gasteiger partial charge in [-0.05, 0) is 11.5 Å². The minimum atomic E-state index is -0.899. The molecule has 0 aliphatic heterocycles. The van der Waals surface area contributed by atoms with Crippen LogP contribution in [0.25, 0.3) is 0 Å². The van der Waals surface area contributed by atoms with Crippen molar-refractivity contribution in [2.24, 2.45) is 0 Å². The summed E-state index contributed by atoms with van der Waals surface area (Å²) in [4.78, 5) is 0. The largest absolute Gasteiger partial charge is 0.436 e. The van der Waals surface area contributed by atoms with Crippen molar-refractivity contribution in [3.05, 3.63) is 29.3 Å². The summed E-state index contributed by atoms with van der Waals surface area (Å²) in [5.41, 5.74) is 0.580. The maximum atomic E-state index is 9.19. The summed E-state index contributed by atoms with van der Waals surface area (Å²) in [6, 6.07) is 6.96. The summed E-state index contributed by atoms with van der Waals surface area (Å²) in [7, 11) is 0. The van der Waals surface area contributed by atoms with Crippen LogP contribution in [0.15, 0.2) is 24.3 Å². The van der Waals surface area contributed by atoms with Crippen LogP contribution in [0.5, 0.6) is 0 Å². The van der Waals surface area contributed by atoms with E-state index in [2.05, 4.69) is 5.82 Å². The third-order valence-electron chi connectivity index (χ3n) is 1.36. The first-order chi connectivity index (χ1) is 5.25. The molecule has 0 atom stereocenters. The molecule has 0 fully saturated rings. The van der Waals surface area contributed by atoms with Gasteiger partial charge in [0.1, 0.15) is 0 Å². The summed E-state index contributed by atoms with van der Waals surface area (Å²) in [5.74, 6) is 2.19. The van der Waals surface area contributed by atoms with E-state index in [9.17, 15) is 5.02 Å². The highest BCUT2D eigenvalue weighted by atomic mass is 35.5. The molecule has 0 aromatic heterocycles. The fraction of sp³-hybridized carbons (Fsp3) is 0. The quantitative estimate of drug-likeness (QED) is 0.479. The number of benzene rings is 1. The van der Waals surface area contributed by atoms with Crippen molar-refractivity contribution in [1.29, 1.82) is 0 Å². The van der Waals surface area contributed by atoms with E-state index in [1.165, 1.54) is 0 Å². The van der Waals surface area contributed by atoms with Gasteiger partial charge in [0.15, 0.2) is 0 Å². The molecule has 54 valence electrons. The van der Waals surface area contributed by atoms with E-state index >= 15 is 0 Å². The van der Waals surface area contributed by atoms with Crippen molar-refractivity contribution >= 4 is 24.0 Å². The Balaban J connectivity index is 3.05. The summed E-state index contributed by atoms with van der Waals surface area (Å²) < 4.78 is 0. The van der Waals surface area contributed by atoms with Crippen molar-refractivity contribution in [2.45, 2.75) is 0 Å². The lowest BCUT2D eigenvalue weighted by Crippen LogP contribution is -2.29. The van der Waals surface area contributed by atoms with Gasteiger partial charge in [0, 0.05) is 5.02 Å². The molecule has 0 aliphatic carbocycles. The normalized spacial score (nSPS) is 8.82. The smallest absolute Gasteiger partial charge is 0.413 e. The van der Waals surface area contributed by atoms with E-state index in [1.807, 2.05) is 0 Å². The molecule has 3 heteroatoms. The summed E-state index contributed by atoms with van der Waals surface area (Å²) >= 11 is 5.74. The summed E-state index contributed by atoms with van der Waals surface area (Å²) in [5, 5.41) is 9.69. The van der Waals surface area contributed by atoms with Gasteiger partial charge < -0.3 is 5.02 Å². The molecule has 0 bridgehead atoms. The molecule has 0 amide bonds. The number of hydrogen-bond donors (Lipinski definition) is 1. The molecule has 0 saturated carbocycles. The Kier molecular flexibility index (Phi) is 2.59. The Bertz CT molecular complexity index is 292. The first-order valence-electron chi connectivity index (χ1n) is 3.14. The SMILES string of the molecule is C#CB(O)c1ccccc1Cl. The number of terminal acetylenes is 1. The second-order valence-electron chi connectivity index (χ2n) is 2.09. The third-order valence-corrected chi connectivity index (χ3v) is 1.70. The Morgan fingerprint density at radius 1 is 1.45 bits per heavy atom. The molecule has 1 rings (SSSR count). The van der Waals surface area contributed by atoms with Gasteiger partial charge in [-0.3, -0.25) is 0 Å². The van der Waals surface area contributed by atoms with Crippen LogP contribution in [-0.2, 0) is 0 Å². The lowest BCUT2D eigenvalue weighted by Gasteiger charge is -2.00. The lowest BCUT2D eigenvalue weighted by atomic mass is 9.63. The number of halogens is 1. The zero-order chi connectivity index (χ0) is 8.27. The van der Waals surface area contributed by atoms with Crippen LogP contribution in [-0.4, -0.2) is 11.9 Å². The van der Waals surface area contributed by atoms with E-state index in [0.717, 1.165) is 0 Å². The minimum Gasteiger partial charge on any atom is -0.436 e. The highest BCUT2D eigenvalue weighted by Gasteiger charge is 2.12. The number of rotatable bonds is 1. The Morgan fingerprint density at radius 2 is 2.09 bits per heavy atom. The second kappa shape index (κ2) is 3.48. The lowest BCUT2D eigenvalue weighted by molar-refractivity contribution is 0.601. The maximum absolute atomic E-state index is 9.19. The van der Waals surface area contributed by atoms with Crippen molar-refractivity contribution in [1.82, 2.24) is 0 Å². The van der Waals surface area contributed by atoms with Gasteiger partial charge in [-0.2, -0.15) is 0 Å². The summed E-state index contributed by atoms with van der Waals surface area (Å²) in [6.45, 7) is -0.899. The molecular weight excluding hydrogens is 158 g/mol. The Labute approximate surface area is 71.1 Å². The van der Waals surface area contributed by atoms with Gasteiger partial charge in [-0.15, -0.1) is 12.2 Å². The molecular formula is C8H6BClO. The monoisotopic (exact) mass is 164 g/mol. The molecule has 1 nitrogen and oxygen atoms in total. The van der Waals surface area contributed by atoms with Crippen LogP contribution in [0, 0.1) is 12.2 Å². The van der Waals surface area contributed by atoms with E-state index in [-0.39, 0.29) is 0 Å². The number of hydrogen-bond acceptors (Lipinski definition) is 1. The highest BCUT2D eigenvalue weighted by molar-refractivity contribution is 6.76. The maximum Gasteiger partial charge on any atom is 0.413 e. The predicted octanol–water partition coefficient (Wildman–Crippen LogP) is 0.703. The topological polar surface area (TPSA) is 20.2 Å². The molecule has 1 aromatic rings. The molecule has 0 unspecified atom stereocenters. The molecule has 0 aliphatic rings. The molecule has 0 spiro atoms. The Morgan fingerprint density at radius 3 is 2.64 bits per heavy atom. The van der Waals surface area contributed by atoms with Gasteiger partial charge in [0.2, 0.25) is 0 Å².